The van der Waals surface area contributed by atoms with Crippen molar-refractivity contribution in [2.45, 2.75) is 83.5 Å². The van der Waals surface area contributed by atoms with Gasteiger partial charge in [-0.05, 0) is 71.1 Å². The van der Waals surface area contributed by atoms with Crippen LogP contribution in [0.1, 0.15) is 88.6 Å². The minimum atomic E-state index is -2.23. The average Bonchev–Trinajstić information content (AvgIpc) is 3.29. The summed E-state index contributed by atoms with van der Waals surface area (Å²) in [6.45, 7) is 13.2. The van der Waals surface area contributed by atoms with Crippen LogP contribution in [0.15, 0.2) is 24.3 Å². The molecule has 1 aliphatic rings. The number of halogens is 3. The number of ketones is 1. The van der Waals surface area contributed by atoms with Gasteiger partial charge in [-0.25, -0.2) is 14.4 Å². The molecule has 0 unspecified atom stereocenters. The van der Waals surface area contributed by atoms with Crippen molar-refractivity contribution in [3.63, 3.8) is 0 Å². The summed E-state index contributed by atoms with van der Waals surface area (Å²) >= 11 is 12.6. The summed E-state index contributed by atoms with van der Waals surface area (Å²) in [5.74, 6) is 2.90. The Balaban J connectivity index is 1.81. The van der Waals surface area contributed by atoms with Crippen LogP contribution in [0.5, 0.6) is 5.75 Å². The predicted molar refractivity (Wildman–Crippen MR) is 176 cm³/mol. The topological polar surface area (TPSA) is 79.1 Å². The highest BCUT2D eigenvalue weighted by Gasteiger charge is 2.42. The van der Waals surface area contributed by atoms with Gasteiger partial charge in [-0.3, -0.25) is 4.79 Å². The molecule has 0 radical (unpaired) electrons. The number of fused-ring (bicyclic) bond motifs is 2. The van der Waals surface area contributed by atoms with Crippen molar-refractivity contribution in [3.8, 4) is 17.2 Å². The first-order chi connectivity index (χ1) is 20.9. The monoisotopic (exact) mass is 654 g/mol. The molecule has 5 rings (SSSR count). The molecule has 44 heavy (non-hydrogen) atoms. The van der Waals surface area contributed by atoms with E-state index in [9.17, 15) is 4.79 Å². The normalized spacial score (nSPS) is 14.0. The van der Waals surface area contributed by atoms with E-state index in [4.69, 9.17) is 32.7 Å². The van der Waals surface area contributed by atoms with Crippen molar-refractivity contribution in [1.29, 1.82) is 0 Å². The molecule has 1 aliphatic carbocycles. The van der Waals surface area contributed by atoms with Crippen LogP contribution in [-0.2, 0) is 4.74 Å². The molecule has 2 aromatic carbocycles. The van der Waals surface area contributed by atoms with Gasteiger partial charge in [0.15, 0.2) is 23.4 Å². The van der Waals surface area contributed by atoms with Gasteiger partial charge in [0.25, 0.3) is 0 Å². The Labute approximate surface area is 268 Å². The van der Waals surface area contributed by atoms with Gasteiger partial charge in [0.1, 0.15) is 25.2 Å². The number of carbonyl (C=O) groups excluding carboxylic acids is 1. The third-order valence-electron chi connectivity index (χ3n) is 9.02. The summed E-state index contributed by atoms with van der Waals surface area (Å²) < 4.78 is 28.6. The second kappa shape index (κ2) is 12.8. The number of hydrogen-bond acceptors (Lipinski definition) is 6. The summed E-state index contributed by atoms with van der Waals surface area (Å²) in [6.07, 6.45) is 2.70. The Hall–Kier alpha value is -3.03. The summed E-state index contributed by atoms with van der Waals surface area (Å²) in [5.41, 5.74) is 5.77. The maximum atomic E-state index is 15.9. The Morgan fingerprint density at radius 1 is 1.07 bits per heavy atom. The zero-order valence-electron chi connectivity index (χ0n) is 26.1. The quantitative estimate of drug-likeness (QED) is 0.0448. The van der Waals surface area contributed by atoms with E-state index in [1.807, 2.05) is 4.57 Å². The molecule has 1 fully saturated rings. The van der Waals surface area contributed by atoms with Gasteiger partial charge in [0.2, 0.25) is 11.1 Å². The van der Waals surface area contributed by atoms with Crippen LogP contribution in [0.2, 0.25) is 27.1 Å². The summed E-state index contributed by atoms with van der Waals surface area (Å²) in [5, 5.41) is 1.09. The molecule has 0 saturated heterocycles. The Bertz CT molecular complexity index is 1790. The van der Waals surface area contributed by atoms with Crippen molar-refractivity contribution < 1.29 is 18.7 Å². The van der Waals surface area contributed by atoms with Gasteiger partial charge in [0, 0.05) is 24.1 Å². The molecule has 0 aliphatic heterocycles. The van der Waals surface area contributed by atoms with E-state index in [1.54, 1.807) is 18.2 Å². The lowest BCUT2D eigenvalue weighted by Gasteiger charge is -2.38. The van der Waals surface area contributed by atoms with Crippen LogP contribution in [0.4, 0.5) is 4.39 Å². The molecule has 11 heteroatoms. The number of benzene rings is 2. The minimum Gasteiger partial charge on any atom is -0.468 e. The SMILES string of the molecule is COCOc1cc(C(=O)c2nc3nc(Cl)nc(Cl)c3n2C2CCC2)c2c(C#C[Si](C(C)C)(C(C)C)C(C)C)c(F)ccc2c1. The average molecular weight is 656 g/mol. The number of rotatable bonds is 9. The number of carbonyl (C=O) groups is 1. The number of methoxy groups -OCH3 is 1. The fraction of sp³-hybridized carbons (Fsp3) is 0.455. The molecule has 4 aromatic rings. The molecule has 0 bridgehead atoms. The fourth-order valence-corrected chi connectivity index (χ4v) is 12.4. The second-order valence-corrected chi connectivity index (χ2v) is 18.6. The summed E-state index contributed by atoms with van der Waals surface area (Å²) in [7, 11) is -0.710. The van der Waals surface area contributed by atoms with Gasteiger partial charge < -0.3 is 14.0 Å². The van der Waals surface area contributed by atoms with Gasteiger partial charge in [-0.1, -0.05) is 65.1 Å². The molecule has 0 N–H and O–H groups in total. The molecule has 2 aromatic heterocycles. The van der Waals surface area contributed by atoms with Crippen molar-refractivity contribution >= 4 is 59.0 Å². The first-order valence-corrected chi connectivity index (χ1v) is 18.0. The van der Waals surface area contributed by atoms with Crippen LogP contribution in [0.3, 0.4) is 0 Å². The van der Waals surface area contributed by atoms with Crippen molar-refractivity contribution in [2.75, 3.05) is 13.9 Å². The van der Waals surface area contributed by atoms with E-state index < -0.39 is 19.7 Å². The molecule has 0 atom stereocenters. The van der Waals surface area contributed by atoms with Crippen molar-refractivity contribution in [1.82, 2.24) is 19.5 Å². The van der Waals surface area contributed by atoms with Crippen LogP contribution < -0.4 is 4.74 Å². The number of nitrogens with zero attached hydrogens (tertiary/aromatic N) is 4. The van der Waals surface area contributed by atoms with Gasteiger partial charge in [-0.2, -0.15) is 4.98 Å². The maximum absolute atomic E-state index is 15.9. The number of imidazole rings is 1. The summed E-state index contributed by atoms with van der Waals surface area (Å²) in [6, 6.07) is 6.40. The fourth-order valence-electron chi connectivity index (χ4n) is 6.75. The lowest BCUT2D eigenvalue weighted by Crippen LogP contribution is -2.43. The Morgan fingerprint density at radius 2 is 1.75 bits per heavy atom. The first kappa shape index (κ1) is 32.4. The lowest BCUT2D eigenvalue weighted by molar-refractivity contribution is 0.0511. The third-order valence-corrected chi connectivity index (χ3v) is 15.7. The predicted octanol–water partition coefficient (Wildman–Crippen LogP) is 8.93. The Kier molecular flexibility index (Phi) is 9.38. The van der Waals surface area contributed by atoms with E-state index in [0.717, 1.165) is 19.3 Å². The molecular formula is C33H37Cl2FN4O3Si. The molecule has 0 amide bonds. The highest BCUT2D eigenvalue weighted by Crippen LogP contribution is 2.42. The lowest BCUT2D eigenvalue weighted by atomic mass is 9.91. The van der Waals surface area contributed by atoms with E-state index in [1.165, 1.54) is 13.2 Å². The van der Waals surface area contributed by atoms with Crippen LogP contribution in [-0.4, -0.2) is 47.3 Å². The van der Waals surface area contributed by atoms with E-state index in [0.29, 0.717) is 38.7 Å². The number of aromatic nitrogens is 4. The number of hydrogen-bond donors (Lipinski definition) is 0. The van der Waals surface area contributed by atoms with Gasteiger partial charge in [-0.15, -0.1) is 5.54 Å². The maximum Gasteiger partial charge on any atom is 0.229 e. The van der Waals surface area contributed by atoms with Crippen molar-refractivity contribution in [2.24, 2.45) is 0 Å². The smallest absolute Gasteiger partial charge is 0.229 e. The highest BCUT2D eigenvalue weighted by molar-refractivity contribution is 6.90. The van der Waals surface area contributed by atoms with Crippen LogP contribution >= 0.6 is 23.2 Å². The molecule has 1 saturated carbocycles. The van der Waals surface area contributed by atoms with Crippen LogP contribution in [0, 0.1) is 17.3 Å². The Morgan fingerprint density at radius 3 is 2.34 bits per heavy atom. The zero-order chi connectivity index (χ0) is 31.9. The molecule has 232 valence electrons. The molecule has 0 spiro atoms. The third kappa shape index (κ3) is 5.62. The molecular weight excluding hydrogens is 618 g/mol. The van der Waals surface area contributed by atoms with E-state index in [2.05, 4.69) is 68.0 Å². The van der Waals surface area contributed by atoms with Gasteiger partial charge >= 0.3 is 0 Å². The highest BCUT2D eigenvalue weighted by atomic mass is 35.5. The first-order valence-electron chi connectivity index (χ1n) is 15.0. The van der Waals surface area contributed by atoms with Crippen molar-refractivity contribution in [3.05, 3.63) is 57.5 Å². The van der Waals surface area contributed by atoms with E-state index >= 15 is 4.39 Å². The molecule has 2 heterocycles. The van der Waals surface area contributed by atoms with Crippen LogP contribution in [0.25, 0.3) is 21.9 Å². The number of ether oxygens (including phenoxy) is 2. The van der Waals surface area contributed by atoms with Gasteiger partial charge in [0.05, 0.1) is 5.56 Å². The minimum absolute atomic E-state index is 0.00819. The molecule has 7 nitrogen and oxygen atoms in total. The summed E-state index contributed by atoms with van der Waals surface area (Å²) in [4.78, 5) is 27.6. The second-order valence-electron chi connectivity index (χ2n) is 12.4. The standard InChI is InChI=1S/C33H37Cl2FN4O3Si/c1-18(2)44(19(3)4,20(5)6)14-13-24-26(36)12-11-21-15-23(43-17-42-7)16-25(27(21)24)29(41)32-38-31-28(30(34)37-33(35)39-31)40(32)22-9-8-10-22/h11-12,15-16,18-20,22H,8-10,17H2,1-7H3. The zero-order valence-corrected chi connectivity index (χ0v) is 28.6. The van der Waals surface area contributed by atoms with E-state index in [-0.39, 0.29) is 45.9 Å². The largest absolute Gasteiger partial charge is 0.468 e.